The maximum absolute atomic E-state index is 10.8. The van der Waals surface area contributed by atoms with Crippen molar-refractivity contribution in [3.05, 3.63) is 6.92 Å². The number of urea groups is 1. The van der Waals surface area contributed by atoms with Gasteiger partial charge in [0.05, 0.1) is 0 Å². The van der Waals surface area contributed by atoms with Gasteiger partial charge in [0, 0.05) is 6.42 Å². The van der Waals surface area contributed by atoms with Gasteiger partial charge in [0.25, 0.3) is 0 Å². The largest absolute Gasteiger partial charge is 0.351 e. The van der Waals surface area contributed by atoms with Gasteiger partial charge in [-0.15, -0.1) is 0 Å². The van der Waals surface area contributed by atoms with Gasteiger partial charge in [-0.2, -0.15) is 0 Å². The molecule has 4 heteroatoms. The molecule has 12 heavy (non-hydrogen) atoms. The van der Waals surface area contributed by atoms with Gasteiger partial charge in [-0.25, -0.2) is 4.79 Å². The smallest absolute Gasteiger partial charge is 0.318 e. The zero-order valence-electron chi connectivity index (χ0n) is 7.14. The molecule has 0 rings (SSSR count). The van der Waals surface area contributed by atoms with Crippen LogP contribution in [0.3, 0.4) is 0 Å². The van der Waals surface area contributed by atoms with E-state index < -0.39 is 6.03 Å². The molecule has 0 heterocycles. The Bertz CT molecular complexity index is 157. The number of nitrogens with two attached hydrogens (primary N) is 1. The highest BCUT2D eigenvalue weighted by molar-refractivity contribution is 5.93. The Labute approximate surface area is 72.5 Å². The predicted octanol–water partition coefficient (Wildman–Crippen LogP) is 0.966. The third-order valence-corrected chi connectivity index (χ3v) is 1.42. The summed E-state index contributed by atoms with van der Waals surface area (Å²) in [5.41, 5.74) is 4.74. The van der Waals surface area contributed by atoms with Gasteiger partial charge in [-0.05, 0) is 6.42 Å². The second kappa shape index (κ2) is 6.64. The third kappa shape index (κ3) is 7.05. The van der Waals surface area contributed by atoms with Gasteiger partial charge in [0.2, 0.25) is 5.91 Å². The van der Waals surface area contributed by atoms with E-state index in [1.54, 1.807) is 0 Å². The first-order chi connectivity index (χ1) is 5.66. The molecule has 0 saturated carbocycles. The molecule has 0 spiro atoms. The average Bonchev–Trinajstić information content (AvgIpc) is 1.97. The van der Waals surface area contributed by atoms with Crippen molar-refractivity contribution in [1.82, 2.24) is 5.32 Å². The summed E-state index contributed by atoms with van der Waals surface area (Å²) in [4.78, 5) is 21.0. The molecule has 0 atom stereocenters. The lowest BCUT2D eigenvalue weighted by Gasteiger charge is -1.99. The lowest BCUT2D eigenvalue weighted by atomic mass is 10.1. The Morgan fingerprint density at radius 2 is 1.92 bits per heavy atom. The maximum atomic E-state index is 10.8. The van der Waals surface area contributed by atoms with Gasteiger partial charge in [-0.3, -0.25) is 10.1 Å². The van der Waals surface area contributed by atoms with Crippen molar-refractivity contribution in [2.45, 2.75) is 32.1 Å². The number of imide groups is 1. The van der Waals surface area contributed by atoms with Crippen LogP contribution < -0.4 is 11.1 Å². The van der Waals surface area contributed by atoms with E-state index in [-0.39, 0.29) is 5.91 Å². The third-order valence-electron chi connectivity index (χ3n) is 1.42. The van der Waals surface area contributed by atoms with Crippen LogP contribution >= 0.6 is 0 Å². The predicted molar refractivity (Wildman–Crippen MR) is 46.2 cm³/mol. The molecule has 0 unspecified atom stereocenters. The van der Waals surface area contributed by atoms with Gasteiger partial charge in [0.15, 0.2) is 0 Å². The molecule has 0 aromatic heterocycles. The second-order valence-electron chi connectivity index (χ2n) is 2.58. The lowest BCUT2D eigenvalue weighted by Crippen LogP contribution is -2.34. The number of unbranched alkanes of at least 4 members (excludes halogenated alkanes) is 3. The standard InChI is InChI=1S/C8H15N2O2/c1-2-3-4-5-6-7(11)10-8(9)12/h1-6H2,(H3,9,10,11,12). The van der Waals surface area contributed by atoms with Gasteiger partial charge < -0.3 is 5.73 Å². The fourth-order valence-electron chi connectivity index (χ4n) is 0.839. The fourth-order valence-corrected chi connectivity index (χ4v) is 0.839. The molecule has 0 aliphatic rings. The van der Waals surface area contributed by atoms with E-state index in [4.69, 9.17) is 5.73 Å². The summed E-state index contributed by atoms with van der Waals surface area (Å²) in [7, 11) is 0. The van der Waals surface area contributed by atoms with Gasteiger partial charge >= 0.3 is 6.03 Å². The summed E-state index contributed by atoms with van der Waals surface area (Å²) >= 11 is 0. The highest BCUT2D eigenvalue weighted by atomic mass is 16.2. The van der Waals surface area contributed by atoms with Crippen molar-refractivity contribution < 1.29 is 9.59 Å². The number of amides is 3. The van der Waals surface area contributed by atoms with E-state index in [1.165, 1.54) is 0 Å². The number of primary amides is 1. The monoisotopic (exact) mass is 171 g/mol. The minimum Gasteiger partial charge on any atom is -0.351 e. The quantitative estimate of drug-likeness (QED) is 0.605. The number of nitrogens with one attached hydrogen (secondary N) is 1. The van der Waals surface area contributed by atoms with E-state index in [0.717, 1.165) is 25.7 Å². The van der Waals surface area contributed by atoms with E-state index >= 15 is 0 Å². The van der Waals surface area contributed by atoms with Crippen LogP contribution in [-0.4, -0.2) is 11.9 Å². The van der Waals surface area contributed by atoms with Crippen molar-refractivity contribution in [3.8, 4) is 0 Å². The zero-order valence-corrected chi connectivity index (χ0v) is 7.14. The van der Waals surface area contributed by atoms with Crippen molar-refractivity contribution in [2.75, 3.05) is 0 Å². The van der Waals surface area contributed by atoms with E-state index in [9.17, 15) is 9.59 Å². The number of rotatable bonds is 5. The first kappa shape index (κ1) is 10.9. The Morgan fingerprint density at radius 1 is 1.25 bits per heavy atom. The molecular weight excluding hydrogens is 156 g/mol. The molecule has 0 aliphatic heterocycles. The molecule has 0 bridgehead atoms. The minimum atomic E-state index is -0.780. The molecule has 0 aromatic rings. The molecule has 69 valence electrons. The molecule has 4 nitrogen and oxygen atoms in total. The minimum absolute atomic E-state index is 0.299. The van der Waals surface area contributed by atoms with Crippen LogP contribution in [0.1, 0.15) is 32.1 Å². The lowest BCUT2D eigenvalue weighted by molar-refractivity contribution is -0.120. The Kier molecular flexibility index (Phi) is 6.05. The Balaban J connectivity index is 3.26. The van der Waals surface area contributed by atoms with Crippen LogP contribution in [0.25, 0.3) is 0 Å². The maximum Gasteiger partial charge on any atom is 0.318 e. The van der Waals surface area contributed by atoms with Crippen molar-refractivity contribution >= 4 is 11.9 Å². The summed E-state index contributed by atoms with van der Waals surface area (Å²) in [6.45, 7) is 3.68. The first-order valence-corrected chi connectivity index (χ1v) is 4.05. The van der Waals surface area contributed by atoms with E-state index in [0.29, 0.717) is 6.42 Å². The Hall–Kier alpha value is -1.06. The number of hydrogen-bond acceptors (Lipinski definition) is 2. The van der Waals surface area contributed by atoms with Crippen LogP contribution in [0.15, 0.2) is 0 Å². The summed E-state index contributed by atoms with van der Waals surface area (Å²) in [5.74, 6) is -0.299. The fraction of sp³-hybridized carbons (Fsp3) is 0.625. The van der Waals surface area contributed by atoms with Crippen LogP contribution in [0, 0.1) is 6.92 Å². The Morgan fingerprint density at radius 3 is 2.42 bits per heavy atom. The first-order valence-electron chi connectivity index (χ1n) is 4.05. The van der Waals surface area contributed by atoms with Gasteiger partial charge in [-0.1, -0.05) is 26.2 Å². The van der Waals surface area contributed by atoms with Crippen LogP contribution in [0.2, 0.25) is 0 Å². The molecule has 0 fully saturated rings. The molecular formula is C8H15N2O2. The molecule has 1 radical (unpaired) electrons. The number of hydrogen-bond donors (Lipinski definition) is 2. The summed E-state index contributed by atoms with van der Waals surface area (Å²) < 4.78 is 0. The highest BCUT2D eigenvalue weighted by Crippen LogP contribution is 2.01. The summed E-state index contributed by atoms with van der Waals surface area (Å²) in [6.07, 6.45) is 4.02. The van der Waals surface area contributed by atoms with Crippen LogP contribution in [0.5, 0.6) is 0 Å². The van der Waals surface area contributed by atoms with Gasteiger partial charge in [0.1, 0.15) is 0 Å². The van der Waals surface area contributed by atoms with E-state index in [2.05, 4.69) is 6.92 Å². The molecule has 3 N–H and O–H groups in total. The summed E-state index contributed by atoms with van der Waals surface area (Å²) in [6, 6.07) is -0.780. The zero-order chi connectivity index (χ0) is 9.40. The molecule has 0 aromatic carbocycles. The second-order valence-corrected chi connectivity index (χ2v) is 2.58. The number of carbonyl (C=O) groups excluding carboxylic acids is 2. The molecule has 0 saturated heterocycles. The molecule has 3 amide bonds. The normalized spacial score (nSPS) is 9.42. The van der Waals surface area contributed by atoms with E-state index in [1.807, 2.05) is 5.32 Å². The highest BCUT2D eigenvalue weighted by Gasteiger charge is 2.02. The van der Waals surface area contributed by atoms with Crippen LogP contribution in [0.4, 0.5) is 4.79 Å². The topological polar surface area (TPSA) is 72.2 Å². The molecule has 0 aliphatic carbocycles. The van der Waals surface area contributed by atoms with Crippen molar-refractivity contribution in [3.63, 3.8) is 0 Å². The van der Waals surface area contributed by atoms with Crippen molar-refractivity contribution in [1.29, 1.82) is 0 Å². The van der Waals surface area contributed by atoms with Crippen LogP contribution in [-0.2, 0) is 4.79 Å². The average molecular weight is 171 g/mol. The summed E-state index contributed by atoms with van der Waals surface area (Å²) in [5, 5.41) is 2.00. The van der Waals surface area contributed by atoms with Crippen molar-refractivity contribution in [2.24, 2.45) is 5.73 Å². The SMILES string of the molecule is [CH2]CCCCCC(=O)NC(N)=O. The number of carbonyl (C=O) groups is 2.